The SMILES string of the molecule is O=C(NCCN1CCOCC1)c1ccc2c(c1)C(=O)c1ccc(Nc3ccc(F)c(/C=N/NC(=O)c4ccccc4)c3)cc1CC2. The summed E-state index contributed by atoms with van der Waals surface area (Å²) >= 11 is 0. The molecule has 4 aromatic rings. The van der Waals surface area contributed by atoms with E-state index in [4.69, 9.17) is 4.74 Å². The lowest BCUT2D eigenvalue weighted by Gasteiger charge is -2.26. The molecule has 1 heterocycles. The lowest BCUT2D eigenvalue weighted by atomic mass is 9.96. The number of benzene rings is 4. The Morgan fingerprint density at radius 3 is 2.41 bits per heavy atom. The molecule has 9 nitrogen and oxygen atoms in total. The summed E-state index contributed by atoms with van der Waals surface area (Å²) in [7, 11) is 0. The topological polar surface area (TPSA) is 112 Å². The van der Waals surface area contributed by atoms with Gasteiger partial charge in [0.05, 0.1) is 19.4 Å². The molecule has 1 aliphatic heterocycles. The number of aryl methyl sites for hydroxylation is 2. The number of anilines is 2. The number of carbonyl (C=O) groups excluding carboxylic acids is 3. The molecular formula is C36H34FN5O4. The highest BCUT2D eigenvalue weighted by Crippen LogP contribution is 2.29. The molecule has 10 heteroatoms. The minimum Gasteiger partial charge on any atom is -0.379 e. The molecular weight excluding hydrogens is 585 g/mol. The molecule has 1 fully saturated rings. The van der Waals surface area contributed by atoms with Crippen LogP contribution in [0.1, 0.15) is 53.3 Å². The largest absolute Gasteiger partial charge is 0.379 e. The van der Waals surface area contributed by atoms with Gasteiger partial charge >= 0.3 is 0 Å². The van der Waals surface area contributed by atoms with Crippen LogP contribution in [0.5, 0.6) is 0 Å². The molecule has 0 aromatic heterocycles. The molecule has 1 aliphatic carbocycles. The second kappa shape index (κ2) is 14.3. The van der Waals surface area contributed by atoms with Gasteiger partial charge in [0.15, 0.2) is 5.78 Å². The van der Waals surface area contributed by atoms with E-state index in [1.807, 2.05) is 18.2 Å². The molecule has 0 spiro atoms. The third kappa shape index (κ3) is 7.36. The average molecular weight is 620 g/mol. The molecule has 0 saturated carbocycles. The zero-order valence-corrected chi connectivity index (χ0v) is 25.2. The van der Waals surface area contributed by atoms with Crippen molar-refractivity contribution >= 4 is 35.2 Å². The number of ether oxygens (including phenoxy) is 1. The zero-order valence-electron chi connectivity index (χ0n) is 25.2. The highest BCUT2D eigenvalue weighted by atomic mass is 19.1. The maximum absolute atomic E-state index is 14.5. The normalized spacial score (nSPS) is 14.7. The first kappa shape index (κ1) is 30.8. The molecule has 6 rings (SSSR count). The number of carbonyl (C=O) groups is 3. The Labute approximate surface area is 266 Å². The van der Waals surface area contributed by atoms with Crippen LogP contribution in [0.3, 0.4) is 0 Å². The van der Waals surface area contributed by atoms with Gasteiger partial charge in [0.2, 0.25) is 0 Å². The van der Waals surface area contributed by atoms with Crippen molar-refractivity contribution in [2.45, 2.75) is 12.8 Å². The van der Waals surface area contributed by atoms with E-state index in [-0.39, 0.29) is 17.3 Å². The summed E-state index contributed by atoms with van der Waals surface area (Å²) in [5.41, 5.74) is 7.80. The van der Waals surface area contributed by atoms with Crippen molar-refractivity contribution < 1.29 is 23.5 Å². The van der Waals surface area contributed by atoms with Gasteiger partial charge in [0.1, 0.15) is 5.82 Å². The quantitative estimate of drug-likeness (QED) is 0.185. The van der Waals surface area contributed by atoms with Gasteiger partial charge in [-0.15, -0.1) is 0 Å². The number of amides is 2. The molecule has 0 bridgehead atoms. The van der Waals surface area contributed by atoms with E-state index >= 15 is 0 Å². The van der Waals surface area contributed by atoms with Gasteiger partial charge < -0.3 is 15.4 Å². The van der Waals surface area contributed by atoms with Gasteiger partial charge in [0, 0.05) is 65.4 Å². The van der Waals surface area contributed by atoms with Crippen LogP contribution in [0, 0.1) is 5.82 Å². The average Bonchev–Trinajstić information content (AvgIpc) is 3.22. The molecule has 0 unspecified atom stereocenters. The van der Waals surface area contributed by atoms with E-state index in [2.05, 4.69) is 26.1 Å². The van der Waals surface area contributed by atoms with Gasteiger partial charge in [-0.05, 0) is 84.6 Å². The van der Waals surface area contributed by atoms with Crippen molar-refractivity contribution in [3.05, 3.63) is 130 Å². The van der Waals surface area contributed by atoms with Gasteiger partial charge in [-0.2, -0.15) is 5.10 Å². The monoisotopic (exact) mass is 619 g/mol. The van der Waals surface area contributed by atoms with E-state index < -0.39 is 11.7 Å². The van der Waals surface area contributed by atoms with Crippen molar-refractivity contribution in [2.24, 2.45) is 5.10 Å². The van der Waals surface area contributed by atoms with Crippen molar-refractivity contribution in [1.82, 2.24) is 15.6 Å². The Hall–Kier alpha value is -5.19. The Kier molecular flexibility index (Phi) is 9.56. The molecule has 4 aromatic carbocycles. The third-order valence-corrected chi connectivity index (χ3v) is 8.14. The maximum Gasteiger partial charge on any atom is 0.271 e. The molecule has 1 saturated heterocycles. The molecule has 2 amide bonds. The lowest BCUT2D eigenvalue weighted by molar-refractivity contribution is 0.0383. The zero-order chi connectivity index (χ0) is 31.9. The van der Waals surface area contributed by atoms with Crippen LogP contribution >= 0.6 is 0 Å². The van der Waals surface area contributed by atoms with E-state index in [0.717, 1.165) is 36.4 Å². The summed E-state index contributed by atoms with van der Waals surface area (Å²) in [6.45, 7) is 4.41. The fourth-order valence-corrected chi connectivity index (χ4v) is 5.62. The van der Waals surface area contributed by atoms with Crippen molar-refractivity contribution in [2.75, 3.05) is 44.7 Å². The minimum absolute atomic E-state index is 0.116. The second-order valence-corrected chi connectivity index (χ2v) is 11.2. The van der Waals surface area contributed by atoms with Crippen LogP contribution in [-0.2, 0) is 17.6 Å². The lowest BCUT2D eigenvalue weighted by Crippen LogP contribution is -2.41. The smallest absolute Gasteiger partial charge is 0.271 e. The van der Waals surface area contributed by atoms with E-state index in [0.29, 0.717) is 60.5 Å². The summed E-state index contributed by atoms with van der Waals surface area (Å²) in [6.07, 6.45) is 2.56. The fraction of sp³-hybridized carbons (Fsp3) is 0.222. The summed E-state index contributed by atoms with van der Waals surface area (Å²) in [6, 6.07) is 24.0. The van der Waals surface area contributed by atoms with Gasteiger partial charge in [-0.1, -0.05) is 24.3 Å². The van der Waals surface area contributed by atoms with Gasteiger partial charge in [-0.25, -0.2) is 9.82 Å². The Morgan fingerprint density at radius 2 is 1.59 bits per heavy atom. The van der Waals surface area contributed by atoms with Gasteiger partial charge in [-0.3, -0.25) is 19.3 Å². The first-order valence-electron chi connectivity index (χ1n) is 15.3. The number of nitrogens with one attached hydrogen (secondary N) is 3. The molecule has 3 N–H and O–H groups in total. The molecule has 0 radical (unpaired) electrons. The van der Waals surface area contributed by atoms with E-state index in [9.17, 15) is 18.8 Å². The fourth-order valence-electron chi connectivity index (χ4n) is 5.62. The number of morpholine rings is 1. The summed E-state index contributed by atoms with van der Waals surface area (Å²) in [4.78, 5) is 41.0. The first-order valence-corrected chi connectivity index (χ1v) is 15.3. The highest BCUT2D eigenvalue weighted by molar-refractivity contribution is 6.12. The number of nitrogens with zero attached hydrogens (tertiary/aromatic N) is 2. The number of halogens is 1. The standard InChI is InChI=1S/C36H34FN5O4/c37-33-13-11-30(21-28(33)23-39-41-36(45)25-4-2-1-3-5-25)40-29-10-12-31-26(20-29)8-6-24-7-9-27(22-32(24)34(31)43)35(44)38-14-15-42-16-18-46-19-17-42/h1-5,7,9-13,20-23,40H,6,8,14-19H2,(H,38,44)(H,41,45)/b39-23+. The number of fused-ring (bicyclic) bond motifs is 2. The van der Waals surface area contributed by atoms with Crippen LogP contribution in [0.15, 0.2) is 90.0 Å². The summed E-state index contributed by atoms with van der Waals surface area (Å²) < 4.78 is 19.9. The Morgan fingerprint density at radius 1 is 0.826 bits per heavy atom. The summed E-state index contributed by atoms with van der Waals surface area (Å²) in [5.74, 6) is -1.20. The number of rotatable bonds is 9. The number of hydrazone groups is 1. The predicted molar refractivity (Wildman–Crippen MR) is 175 cm³/mol. The number of ketones is 1. The molecule has 234 valence electrons. The van der Waals surface area contributed by atoms with Crippen LogP contribution in [0.4, 0.5) is 15.8 Å². The Bertz CT molecular complexity index is 1790. The molecule has 0 atom stereocenters. The van der Waals surface area contributed by atoms with Gasteiger partial charge in [0.25, 0.3) is 11.8 Å². The van der Waals surface area contributed by atoms with Crippen LogP contribution in [-0.4, -0.2) is 68.1 Å². The van der Waals surface area contributed by atoms with Crippen molar-refractivity contribution in [3.63, 3.8) is 0 Å². The van der Waals surface area contributed by atoms with E-state index in [1.54, 1.807) is 60.7 Å². The predicted octanol–water partition coefficient (Wildman–Crippen LogP) is 4.72. The van der Waals surface area contributed by atoms with Crippen LogP contribution < -0.4 is 16.1 Å². The highest BCUT2D eigenvalue weighted by Gasteiger charge is 2.23. The number of hydrogen-bond acceptors (Lipinski definition) is 7. The molecule has 46 heavy (non-hydrogen) atoms. The first-order chi connectivity index (χ1) is 22.4. The van der Waals surface area contributed by atoms with E-state index in [1.165, 1.54) is 12.3 Å². The van der Waals surface area contributed by atoms with Crippen LogP contribution in [0.2, 0.25) is 0 Å². The maximum atomic E-state index is 14.5. The van der Waals surface area contributed by atoms with Crippen molar-refractivity contribution in [3.8, 4) is 0 Å². The third-order valence-electron chi connectivity index (χ3n) is 8.14. The minimum atomic E-state index is -0.487. The molecule has 2 aliphatic rings. The van der Waals surface area contributed by atoms with Crippen molar-refractivity contribution in [1.29, 1.82) is 0 Å². The summed E-state index contributed by atoms with van der Waals surface area (Å²) in [5, 5.41) is 10.2. The second-order valence-electron chi connectivity index (χ2n) is 11.2. The Balaban J connectivity index is 1.11. The van der Waals surface area contributed by atoms with Crippen LogP contribution in [0.25, 0.3) is 0 Å². The number of hydrogen-bond donors (Lipinski definition) is 3.